The molecular weight excluding hydrogens is 414 g/mol. The summed E-state index contributed by atoms with van der Waals surface area (Å²) in [5.74, 6) is 0. The average Bonchev–Trinajstić information content (AvgIpc) is 2.81. The molecule has 0 aliphatic heterocycles. The topological polar surface area (TPSA) is 27.7 Å². The zero-order chi connectivity index (χ0) is 24.1. The maximum absolute atomic E-state index is 5.98. The second-order valence-corrected chi connectivity index (χ2v) is 13.1. The van der Waals surface area contributed by atoms with Crippen LogP contribution in [0.25, 0.3) is 0 Å². The first kappa shape index (κ1) is 32.1. The average molecular weight is 475 g/mol. The van der Waals surface area contributed by atoms with Crippen LogP contribution in [0.15, 0.2) is 0 Å². The highest BCUT2D eigenvalue weighted by Crippen LogP contribution is 2.28. The number of rotatable bonds is 24. The van der Waals surface area contributed by atoms with E-state index in [0.29, 0.717) is 5.67 Å². The Morgan fingerprint density at radius 2 is 0.844 bits per heavy atom. The molecule has 0 fully saturated rings. The van der Waals surface area contributed by atoms with Crippen molar-refractivity contribution in [2.24, 2.45) is 0 Å². The van der Waals surface area contributed by atoms with Gasteiger partial charge < -0.3 is 17.8 Å². The van der Waals surface area contributed by atoms with Crippen LogP contribution in [-0.2, 0) is 13.3 Å². The van der Waals surface area contributed by atoms with Crippen molar-refractivity contribution in [2.45, 2.75) is 136 Å². The van der Waals surface area contributed by atoms with Gasteiger partial charge in [0.15, 0.2) is 5.67 Å². The molecule has 4 nitrogen and oxygen atoms in total. The van der Waals surface area contributed by atoms with E-state index in [2.05, 4.69) is 27.8 Å². The second kappa shape index (κ2) is 20.4. The highest BCUT2D eigenvalue weighted by Gasteiger charge is 2.56. The van der Waals surface area contributed by atoms with Gasteiger partial charge in [0.05, 0.1) is 20.1 Å². The zero-order valence-corrected chi connectivity index (χ0v) is 24.2. The van der Waals surface area contributed by atoms with Crippen molar-refractivity contribution < 1.29 is 17.8 Å². The minimum atomic E-state index is -2.69. The maximum Gasteiger partial charge on any atom is 0.561 e. The lowest BCUT2D eigenvalue weighted by Crippen LogP contribution is -2.68. The molecule has 0 radical (unpaired) electrons. The van der Waals surface area contributed by atoms with Crippen LogP contribution in [0.2, 0.25) is 0 Å². The van der Waals surface area contributed by atoms with Crippen molar-refractivity contribution in [1.82, 2.24) is 0 Å². The predicted molar refractivity (Wildman–Crippen MR) is 142 cm³/mol. The van der Waals surface area contributed by atoms with Gasteiger partial charge in [0.1, 0.15) is 0 Å². The standard InChI is InChI=1S/C27H60NO3Si/c1-8-11-13-15-17-19-21-23-25-28(4,26-24-22-20-18-16-14-12-9-2)27(10-3)32(29-5,30-6)31-7/h27H,8-26H2,1-7H3/q+1. The Kier molecular flexibility index (Phi) is 20.5. The normalized spacial score (nSPS) is 13.6. The van der Waals surface area contributed by atoms with E-state index < -0.39 is 8.80 Å². The number of nitrogens with zero attached hydrogens (tertiary/aromatic N) is 1. The second-order valence-electron chi connectivity index (χ2n) is 10.0. The van der Waals surface area contributed by atoms with Crippen molar-refractivity contribution in [1.29, 1.82) is 0 Å². The number of quaternary nitrogens is 1. The van der Waals surface area contributed by atoms with E-state index in [4.69, 9.17) is 13.3 Å². The lowest BCUT2D eigenvalue weighted by atomic mass is 10.1. The van der Waals surface area contributed by atoms with E-state index in [9.17, 15) is 0 Å². The Morgan fingerprint density at radius 1 is 0.531 bits per heavy atom. The summed E-state index contributed by atoms with van der Waals surface area (Å²) in [6.07, 6.45) is 22.9. The van der Waals surface area contributed by atoms with Gasteiger partial charge in [-0.25, -0.2) is 0 Å². The molecule has 0 N–H and O–H groups in total. The highest BCUT2D eigenvalue weighted by molar-refractivity contribution is 6.62. The first-order chi connectivity index (χ1) is 15.5. The molecule has 1 unspecified atom stereocenters. The lowest BCUT2D eigenvalue weighted by Gasteiger charge is -2.46. The van der Waals surface area contributed by atoms with Gasteiger partial charge in [-0.05, 0) is 25.7 Å². The van der Waals surface area contributed by atoms with Gasteiger partial charge in [-0.3, -0.25) is 0 Å². The molecule has 0 heterocycles. The molecule has 0 aromatic heterocycles. The van der Waals surface area contributed by atoms with Gasteiger partial charge in [-0.15, -0.1) is 0 Å². The minimum Gasteiger partial charge on any atom is -0.373 e. The molecule has 0 saturated heterocycles. The van der Waals surface area contributed by atoms with Crippen molar-refractivity contribution in [3.8, 4) is 0 Å². The van der Waals surface area contributed by atoms with Crippen LogP contribution in [-0.4, -0.2) is 60.4 Å². The van der Waals surface area contributed by atoms with Crippen LogP contribution in [0.3, 0.4) is 0 Å². The summed E-state index contributed by atoms with van der Waals surface area (Å²) in [6, 6.07) is 0. The molecule has 0 amide bonds. The third-order valence-electron chi connectivity index (χ3n) is 7.45. The molecule has 0 aliphatic rings. The third kappa shape index (κ3) is 12.5. The number of hydrogen-bond donors (Lipinski definition) is 0. The van der Waals surface area contributed by atoms with Gasteiger partial charge in [0.25, 0.3) is 0 Å². The van der Waals surface area contributed by atoms with Gasteiger partial charge in [0, 0.05) is 27.8 Å². The summed E-state index contributed by atoms with van der Waals surface area (Å²) in [6.45, 7) is 9.27. The Bertz CT molecular complexity index is 376. The van der Waals surface area contributed by atoms with Crippen LogP contribution in [0.4, 0.5) is 0 Å². The molecule has 0 aliphatic carbocycles. The number of hydrogen-bond acceptors (Lipinski definition) is 3. The van der Waals surface area contributed by atoms with E-state index >= 15 is 0 Å². The Hall–Kier alpha value is 0.0569. The molecule has 0 aromatic carbocycles. The zero-order valence-electron chi connectivity index (χ0n) is 23.2. The predicted octanol–water partition coefficient (Wildman–Crippen LogP) is 7.91. The minimum absolute atomic E-state index is 0.302. The van der Waals surface area contributed by atoms with Crippen molar-refractivity contribution in [3.63, 3.8) is 0 Å². The molecule has 1 atom stereocenters. The largest absolute Gasteiger partial charge is 0.561 e. The fraction of sp³-hybridized carbons (Fsp3) is 1.00. The van der Waals surface area contributed by atoms with Crippen LogP contribution in [0, 0.1) is 0 Å². The van der Waals surface area contributed by atoms with Crippen LogP contribution in [0.5, 0.6) is 0 Å². The molecular formula is C27H60NO3Si+. The molecule has 0 rings (SSSR count). The van der Waals surface area contributed by atoms with E-state index in [1.807, 2.05) is 0 Å². The fourth-order valence-corrected chi connectivity index (χ4v) is 8.21. The van der Waals surface area contributed by atoms with Gasteiger partial charge in [0.2, 0.25) is 0 Å². The van der Waals surface area contributed by atoms with E-state index in [1.54, 1.807) is 21.3 Å². The fourth-order valence-electron chi connectivity index (χ4n) is 5.37. The molecule has 32 heavy (non-hydrogen) atoms. The molecule has 0 saturated carbocycles. The van der Waals surface area contributed by atoms with Gasteiger partial charge in [-0.1, -0.05) is 97.8 Å². The summed E-state index contributed by atoms with van der Waals surface area (Å²) >= 11 is 0. The first-order valence-corrected chi connectivity index (χ1v) is 15.8. The Balaban J connectivity index is 4.81. The van der Waals surface area contributed by atoms with Gasteiger partial charge >= 0.3 is 8.80 Å². The molecule has 5 heteroatoms. The van der Waals surface area contributed by atoms with Crippen LogP contribution < -0.4 is 0 Å². The van der Waals surface area contributed by atoms with Gasteiger partial charge in [-0.2, -0.15) is 0 Å². The molecule has 0 spiro atoms. The summed E-state index contributed by atoms with van der Waals surface area (Å²) < 4.78 is 19.0. The third-order valence-corrected chi connectivity index (χ3v) is 11.0. The SMILES string of the molecule is CCCCCCCCCC[N+](C)(CCCCCCCCCC)C(CC)[Si](OC)(OC)OC. The lowest BCUT2D eigenvalue weighted by molar-refractivity contribution is -0.925. The van der Waals surface area contributed by atoms with E-state index in [1.165, 1.54) is 116 Å². The van der Waals surface area contributed by atoms with Crippen LogP contribution in [0.1, 0.15) is 130 Å². The summed E-state index contributed by atoms with van der Waals surface area (Å²) in [5, 5.41) is 0. The van der Waals surface area contributed by atoms with Crippen LogP contribution >= 0.6 is 0 Å². The van der Waals surface area contributed by atoms with Crippen molar-refractivity contribution in [2.75, 3.05) is 41.5 Å². The van der Waals surface area contributed by atoms with E-state index in [-0.39, 0.29) is 0 Å². The quantitative estimate of drug-likeness (QED) is 0.0808. The first-order valence-electron chi connectivity index (χ1n) is 14.0. The van der Waals surface area contributed by atoms with Crippen molar-refractivity contribution >= 4 is 8.80 Å². The number of unbranched alkanes of at least 4 members (excludes halogenated alkanes) is 14. The Labute approximate surface area is 203 Å². The summed E-state index contributed by atoms with van der Waals surface area (Å²) in [4.78, 5) is 0. The molecule has 0 aromatic rings. The highest BCUT2D eigenvalue weighted by atomic mass is 28.4. The molecule has 0 bridgehead atoms. The monoisotopic (exact) mass is 474 g/mol. The van der Waals surface area contributed by atoms with Crippen molar-refractivity contribution in [3.05, 3.63) is 0 Å². The smallest absolute Gasteiger partial charge is 0.373 e. The molecule has 194 valence electrons. The Morgan fingerprint density at radius 3 is 1.12 bits per heavy atom. The maximum atomic E-state index is 5.98. The summed E-state index contributed by atoms with van der Waals surface area (Å²) in [5.41, 5.74) is 0.302. The van der Waals surface area contributed by atoms with E-state index in [0.717, 1.165) is 10.9 Å². The summed E-state index contributed by atoms with van der Waals surface area (Å²) in [7, 11) is 5.08.